The predicted molar refractivity (Wildman–Crippen MR) is 113 cm³/mol. The van der Waals surface area contributed by atoms with E-state index in [0.717, 1.165) is 0 Å². The number of phenolic OH excluding ortho intramolecular Hbond substituents is 1. The first-order valence-corrected chi connectivity index (χ1v) is 10.3. The van der Waals surface area contributed by atoms with Crippen molar-refractivity contribution < 1.29 is 22.9 Å². The molecule has 3 aromatic rings. The Morgan fingerprint density at radius 2 is 1.83 bits per heavy atom. The molecule has 30 heavy (non-hydrogen) atoms. The van der Waals surface area contributed by atoms with Crippen LogP contribution in [0.25, 0.3) is 11.1 Å². The summed E-state index contributed by atoms with van der Waals surface area (Å²) in [6, 6.07) is 11.6. The molecule has 1 unspecified atom stereocenters. The van der Waals surface area contributed by atoms with E-state index in [0.29, 0.717) is 29.2 Å². The molecule has 5 nitrogen and oxygen atoms in total. The van der Waals surface area contributed by atoms with Gasteiger partial charge in [0.2, 0.25) is 6.41 Å². The van der Waals surface area contributed by atoms with Gasteiger partial charge in [0.25, 0.3) is 0 Å². The second-order valence-electron chi connectivity index (χ2n) is 6.43. The van der Waals surface area contributed by atoms with Gasteiger partial charge in [0, 0.05) is 18.2 Å². The summed E-state index contributed by atoms with van der Waals surface area (Å²) in [5.74, 6) is -2.16. The Morgan fingerprint density at radius 3 is 2.57 bits per heavy atom. The van der Waals surface area contributed by atoms with Crippen LogP contribution in [0.4, 0.5) is 14.5 Å². The number of benzene rings is 3. The second-order valence-corrected chi connectivity index (χ2v) is 8.02. The van der Waals surface area contributed by atoms with E-state index in [-0.39, 0.29) is 33.5 Å². The number of halogens is 3. The van der Waals surface area contributed by atoms with E-state index in [1.807, 2.05) is 0 Å². The summed E-state index contributed by atoms with van der Waals surface area (Å²) in [6.45, 7) is 1.85. The smallest absolute Gasteiger partial charge is 0.207 e. The zero-order valence-corrected chi connectivity index (χ0v) is 17.3. The molecule has 0 radical (unpaired) electrons. The first-order chi connectivity index (χ1) is 14.3. The van der Waals surface area contributed by atoms with Crippen molar-refractivity contribution in [2.24, 2.45) is 0 Å². The SMILES string of the molecule is Cc1cc(Cl)c(O)c(S(=O)Nc2cc(-c3ccccc3CNC=O)c(F)cc2F)c1. The van der Waals surface area contributed by atoms with E-state index in [2.05, 4.69) is 10.0 Å². The van der Waals surface area contributed by atoms with E-state index < -0.39 is 22.6 Å². The van der Waals surface area contributed by atoms with Crippen molar-refractivity contribution in [2.75, 3.05) is 4.72 Å². The lowest BCUT2D eigenvalue weighted by Gasteiger charge is -2.14. The predicted octanol–water partition coefficient (Wildman–Crippen LogP) is 4.68. The maximum Gasteiger partial charge on any atom is 0.207 e. The number of carbonyl (C=O) groups excluding carboxylic acids is 1. The maximum absolute atomic E-state index is 14.6. The van der Waals surface area contributed by atoms with Crippen molar-refractivity contribution in [2.45, 2.75) is 18.4 Å². The monoisotopic (exact) mass is 450 g/mol. The molecule has 0 aromatic heterocycles. The first kappa shape index (κ1) is 21.7. The van der Waals surface area contributed by atoms with Crippen molar-refractivity contribution in [3.8, 4) is 16.9 Å². The van der Waals surface area contributed by atoms with Crippen LogP contribution in [0, 0.1) is 18.6 Å². The molecule has 3 N–H and O–H groups in total. The number of hydrogen-bond donors (Lipinski definition) is 3. The highest BCUT2D eigenvalue weighted by Crippen LogP contribution is 2.34. The van der Waals surface area contributed by atoms with Crippen LogP contribution in [0.15, 0.2) is 53.4 Å². The van der Waals surface area contributed by atoms with Crippen LogP contribution in [0.2, 0.25) is 5.02 Å². The number of phenols is 1. The number of hydrogen-bond acceptors (Lipinski definition) is 3. The van der Waals surface area contributed by atoms with Crippen LogP contribution in [-0.4, -0.2) is 15.7 Å². The molecule has 9 heteroatoms. The van der Waals surface area contributed by atoms with Gasteiger partial charge in [-0.1, -0.05) is 35.9 Å². The number of anilines is 1. The summed E-state index contributed by atoms with van der Waals surface area (Å²) < 4.78 is 44.1. The molecule has 1 atom stereocenters. The fourth-order valence-electron chi connectivity index (χ4n) is 2.92. The molecular formula is C21H17ClF2N2O3S. The fraction of sp³-hybridized carbons (Fsp3) is 0.0952. The van der Waals surface area contributed by atoms with Gasteiger partial charge in [-0.3, -0.25) is 9.52 Å². The zero-order valence-electron chi connectivity index (χ0n) is 15.7. The maximum atomic E-state index is 14.6. The lowest BCUT2D eigenvalue weighted by molar-refractivity contribution is -0.109. The molecular weight excluding hydrogens is 434 g/mol. The largest absolute Gasteiger partial charge is 0.505 e. The number of nitrogens with one attached hydrogen (secondary N) is 2. The molecule has 0 spiro atoms. The minimum atomic E-state index is -2.06. The Kier molecular flexibility index (Phi) is 6.69. The van der Waals surface area contributed by atoms with E-state index >= 15 is 0 Å². The summed E-state index contributed by atoms with van der Waals surface area (Å²) in [6.07, 6.45) is 0.521. The summed E-state index contributed by atoms with van der Waals surface area (Å²) in [7, 11) is -2.06. The van der Waals surface area contributed by atoms with E-state index in [9.17, 15) is 22.9 Å². The Labute approximate surface area is 179 Å². The third-order valence-corrected chi connectivity index (χ3v) is 5.72. The van der Waals surface area contributed by atoms with Gasteiger partial charge in [-0.2, -0.15) is 0 Å². The molecule has 3 rings (SSSR count). The van der Waals surface area contributed by atoms with Gasteiger partial charge in [-0.15, -0.1) is 0 Å². The molecule has 0 heterocycles. The van der Waals surface area contributed by atoms with Crippen molar-refractivity contribution in [3.05, 3.63) is 76.3 Å². The molecule has 0 aliphatic heterocycles. The molecule has 0 saturated heterocycles. The minimum absolute atomic E-state index is 0.0111. The molecule has 0 saturated carbocycles. The lowest BCUT2D eigenvalue weighted by Crippen LogP contribution is -2.11. The van der Waals surface area contributed by atoms with Gasteiger partial charge in [0.15, 0.2) is 16.7 Å². The lowest BCUT2D eigenvalue weighted by atomic mass is 9.98. The van der Waals surface area contributed by atoms with Crippen LogP contribution in [0.3, 0.4) is 0 Å². The number of rotatable bonds is 7. The van der Waals surface area contributed by atoms with Crippen LogP contribution in [0.5, 0.6) is 5.75 Å². The normalized spacial score (nSPS) is 11.7. The van der Waals surface area contributed by atoms with E-state index in [1.165, 1.54) is 18.2 Å². The van der Waals surface area contributed by atoms with Crippen LogP contribution >= 0.6 is 11.6 Å². The summed E-state index contributed by atoms with van der Waals surface area (Å²) in [4.78, 5) is 10.6. The second kappa shape index (κ2) is 9.23. The van der Waals surface area contributed by atoms with Gasteiger partial charge >= 0.3 is 0 Å². The topological polar surface area (TPSA) is 78.4 Å². The van der Waals surface area contributed by atoms with Crippen LogP contribution in [-0.2, 0) is 22.3 Å². The number of amides is 1. The van der Waals surface area contributed by atoms with Crippen LogP contribution < -0.4 is 10.0 Å². The van der Waals surface area contributed by atoms with E-state index in [1.54, 1.807) is 31.2 Å². The van der Waals surface area contributed by atoms with E-state index in [4.69, 9.17) is 11.6 Å². The molecule has 3 aromatic carbocycles. The molecule has 0 aliphatic carbocycles. The van der Waals surface area contributed by atoms with Crippen molar-refractivity contribution in [3.63, 3.8) is 0 Å². The molecule has 0 fully saturated rings. The Bertz CT molecular complexity index is 1140. The molecule has 1 amide bonds. The average molecular weight is 451 g/mol. The van der Waals surface area contributed by atoms with Gasteiger partial charge in [-0.05, 0) is 41.8 Å². The summed E-state index contributed by atoms with van der Waals surface area (Å²) >= 11 is 5.92. The van der Waals surface area contributed by atoms with Gasteiger partial charge < -0.3 is 10.4 Å². The Balaban J connectivity index is 2.01. The minimum Gasteiger partial charge on any atom is -0.505 e. The highest BCUT2D eigenvalue weighted by molar-refractivity contribution is 7.86. The van der Waals surface area contributed by atoms with Crippen molar-refractivity contribution in [1.82, 2.24) is 5.32 Å². The van der Waals surface area contributed by atoms with Gasteiger partial charge in [0.05, 0.1) is 10.7 Å². The molecule has 0 aliphatic rings. The number of carbonyl (C=O) groups is 1. The van der Waals surface area contributed by atoms with Crippen molar-refractivity contribution in [1.29, 1.82) is 0 Å². The highest BCUT2D eigenvalue weighted by Gasteiger charge is 2.18. The summed E-state index contributed by atoms with van der Waals surface area (Å²) in [5.41, 5.74) is 1.55. The Hall–Kier alpha value is -2.97. The van der Waals surface area contributed by atoms with Gasteiger partial charge in [0.1, 0.15) is 16.5 Å². The average Bonchev–Trinajstić information content (AvgIpc) is 2.71. The third kappa shape index (κ3) is 4.60. The quantitative estimate of drug-likeness (QED) is 0.457. The fourth-order valence-corrected chi connectivity index (χ4v) is 4.30. The molecule has 0 bridgehead atoms. The van der Waals surface area contributed by atoms with Gasteiger partial charge in [-0.25, -0.2) is 13.0 Å². The summed E-state index contributed by atoms with van der Waals surface area (Å²) in [5, 5.41) is 12.6. The highest BCUT2D eigenvalue weighted by atomic mass is 35.5. The first-order valence-electron chi connectivity index (χ1n) is 8.73. The number of aromatic hydroxyl groups is 1. The van der Waals surface area contributed by atoms with Crippen LogP contribution in [0.1, 0.15) is 11.1 Å². The zero-order chi connectivity index (χ0) is 21.8. The third-order valence-electron chi connectivity index (χ3n) is 4.32. The molecule has 156 valence electrons. The van der Waals surface area contributed by atoms with Crippen molar-refractivity contribution >= 4 is 34.7 Å². The standard InChI is InChI=1S/C21H17ClF2N2O3S/c1-12-6-16(22)21(28)20(7-12)30(29)26-19-8-15(17(23)9-18(19)24)14-5-3-2-4-13(14)10-25-11-27/h2-9,11,26,28H,10H2,1H3,(H,25,27). The number of aryl methyl sites for hydroxylation is 1. The Morgan fingerprint density at radius 1 is 1.10 bits per heavy atom.